The molecule has 8 nitrogen and oxygen atoms in total. The van der Waals surface area contributed by atoms with E-state index in [9.17, 15) is 14.4 Å². The minimum atomic E-state index is -0.410. The van der Waals surface area contributed by atoms with Crippen LogP contribution in [0, 0.1) is 0 Å². The van der Waals surface area contributed by atoms with Crippen molar-refractivity contribution in [2.24, 2.45) is 0 Å². The number of amides is 1. The number of aryl methyl sites for hydroxylation is 1. The molecule has 8 heteroatoms. The van der Waals surface area contributed by atoms with E-state index in [1.165, 1.54) is 11.8 Å². The maximum Gasteiger partial charge on any atom is 0.337 e. The fraction of sp³-hybridized carbons (Fsp3) is 0.211. The number of methoxy groups -OCH3 is 1. The van der Waals surface area contributed by atoms with Crippen molar-refractivity contribution >= 4 is 22.8 Å². The van der Waals surface area contributed by atoms with E-state index in [0.717, 1.165) is 5.56 Å². The molecule has 0 fully saturated rings. The summed E-state index contributed by atoms with van der Waals surface area (Å²) < 4.78 is 5.82. The molecular weight excluding hydrogens is 348 g/mol. The van der Waals surface area contributed by atoms with Crippen molar-refractivity contribution in [1.82, 2.24) is 20.3 Å². The molecule has 1 amide bonds. The maximum absolute atomic E-state index is 12.3. The van der Waals surface area contributed by atoms with Gasteiger partial charge in [-0.1, -0.05) is 29.5 Å². The maximum atomic E-state index is 12.3. The summed E-state index contributed by atoms with van der Waals surface area (Å²) >= 11 is 0. The molecule has 138 valence electrons. The van der Waals surface area contributed by atoms with Gasteiger partial charge in [-0.05, 0) is 29.8 Å². The number of fused-ring (bicyclic) bond motifs is 1. The topological polar surface area (TPSA) is 103 Å². The molecule has 3 rings (SSSR count). The fourth-order valence-electron chi connectivity index (χ4n) is 2.54. The Morgan fingerprint density at radius 3 is 2.59 bits per heavy atom. The van der Waals surface area contributed by atoms with E-state index in [-0.39, 0.29) is 24.4 Å². The second-order valence-electron chi connectivity index (χ2n) is 5.85. The summed E-state index contributed by atoms with van der Waals surface area (Å²) in [6, 6.07) is 13.7. The molecule has 0 bridgehead atoms. The summed E-state index contributed by atoms with van der Waals surface area (Å²) in [5, 5.41) is 11.1. The van der Waals surface area contributed by atoms with Crippen LogP contribution in [0.25, 0.3) is 10.9 Å². The Balaban J connectivity index is 1.55. The molecule has 2 aromatic carbocycles. The van der Waals surface area contributed by atoms with Crippen molar-refractivity contribution in [3.05, 3.63) is 70.0 Å². The van der Waals surface area contributed by atoms with Gasteiger partial charge in [0.1, 0.15) is 5.52 Å². The molecule has 1 N–H and O–H groups in total. The summed E-state index contributed by atoms with van der Waals surface area (Å²) in [7, 11) is 1.32. The van der Waals surface area contributed by atoms with Crippen molar-refractivity contribution < 1.29 is 14.3 Å². The van der Waals surface area contributed by atoms with Crippen LogP contribution in [-0.2, 0) is 22.6 Å². The van der Waals surface area contributed by atoms with Crippen LogP contribution in [-0.4, -0.2) is 34.0 Å². The third kappa shape index (κ3) is 4.35. The molecule has 3 aromatic rings. The fourth-order valence-corrected chi connectivity index (χ4v) is 2.54. The largest absolute Gasteiger partial charge is 0.465 e. The van der Waals surface area contributed by atoms with Gasteiger partial charge in [-0.2, -0.15) is 0 Å². The molecule has 0 spiro atoms. The number of aromatic nitrogens is 3. The first-order chi connectivity index (χ1) is 13.1. The van der Waals surface area contributed by atoms with Gasteiger partial charge in [-0.25, -0.2) is 9.48 Å². The van der Waals surface area contributed by atoms with Crippen LogP contribution in [0.4, 0.5) is 0 Å². The Hall–Kier alpha value is -3.55. The molecule has 0 atom stereocenters. The van der Waals surface area contributed by atoms with E-state index < -0.39 is 5.97 Å². The molecule has 0 aliphatic heterocycles. The summed E-state index contributed by atoms with van der Waals surface area (Å²) in [5.41, 5.74) is 1.55. The Bertz CT molecular complexity index is 1030. The van der Waals surface area contributed by atoms with Crippen LogP contribution in [0.1, 0.15) is 22.3 Å². The average Bonchev–Trinajstić information content (AvgIpc) is 2.71. The highest BCUT2D eigenvalue weighted by Gasteiger charge is 2.08. The Labute approximate surface area is 154 Å². The molecule has 0 unspecified atom stereocenters. The number of benzene rings is 2. The second kappa shape index (κ2) is 8.22. The first kappa shape index (κ1) is 18.2. The van der Waals surface area contributed by atoms with Gasteiger partial charge in [-0.3, -0.25) is 9.59 Å². The van der Waals surface area contributed by atoms with Crippen molar-refractivity contribution in [1.29, 1.82) is 0 Å². The van der Waals surface area contributed by atoms with Crippen LogP contribution in [0.2, 0.25) is 0 Å². The summed E-state index contributed by atoms with van der Waals surface area (Å²) in [5.74, 6) is -0.624. The third-order valence-electron chi connectivity index (χ3n) is 4.04. The zero-order chi connectivity index (χ0) is 19.2. The van der Waals surface area contributed by atoms with E-state index in [1.54, 1.807) is 48.5 Å². The monoisotopic (exact) mass is 366 g/mol. The third-order valence-corrected chi connectivity index (χ3v) is 4.04. The number of esters is 1. The average molecular weight is 366 g/mol. The van der Waals surface area contributed by atoms with Crippen LogP contribution in [0.5, 0.6) is 0 Å². The van der Waals surface area contributed by atoms with Gasteiger partial charge in [0.25, 0.3) is 5.56 Å². The highest BCUT2D eigenvalue weighted by Crippen LogP contribution is 2.06. The predicted octanol–water partition coefficient (Wildman–Crippen LogP) is 1.28. The lowest BCUT2D eigenvalue weighted by Crippen LogP contribution is -2.29. The quantitative estimate of drug-likeness (QED) is 0.659. The Kier molecular flexibility index (Phi) is 5.55. The van der Waals surface area contributed by atoms with E-state index in [4.69, 9.17) is 0 Å². The molecule has 0 saturated heterocycles. The Morgan fingerprint density at radius 1 is 1.11 bits per heavy atom. The molecule has 0 radical (unpaired) electrons. The summed E-state index contributed by atoms with van der Waals surface area (Å²) in [6.07, 6.45) is 0.104. The van der Waals surface area contributed by atoms with Crippen molar-refractivity contribution in [3.8, 4) is 0 Å². The minimum absolute atomic E-state index is 0.104. The van der Waals surface area contributed by atoms with Gasteiger partial charge in [0.15, 0.2) is 0 Å². The smallest absolute Gasteiger partial charge is 0.337 e. The molecule has 0 aliphatic rings. The van der Waals surface area contributed by atoms with Crippen molar-refractivity contribution in [2.75, 3.05) is 7.11 Å². The molecule has 1 aromatic heterocycles. The standard InChI is InChI=1S/C19H18N4O4/c1-27-19(26)14-8-6-13(7-9-14)12-20-17(24)10-11-23-18(25)15-4-2-3-5-16(15)21-22-23/h2-9H,10-12H2,1H3,(H,20,24). The molecule has 0 aliphatic carbocycles. The first-order valence-corrected chi connectivity index (χ1v) is 8.35. The summed E-state index contributed by atoms with van der Waals surface area (Å²) in [4.78, 5) is 35.7. The van der Waals surface area contributed by atoms with Crippen LogP contribution in [0.15, 0.2) is 53.3 Å². The highest BCUT2D eigenvalue weighted by molar-refractivity contribution is 5.89. The van der Waals surface area contributed by atoms with Gasteiger partial charge in [0.2, 0.25) is 5.91 Å². The van der Waals surface area contributed by atoms with E-state index in [0.29, 0.717) is 23.0 Å². The van der Waals surface area contributed by atoms with Gasteiger partial charge >= 0.3 is 5.97 Å². The van der Waals surface area contributed by atoms with Crippen LogP contribution < -0.4 is 10.9 Å². The SMILES string of the molecule is COC(=O)c1ccc(CNC(=O)CCn2nnc3ccccc3c2=O)cc1. The first-order valence-electron chi connectivity index (χ1n) is 8.35. The highest BCUT2D eigenvalue weighted by atomic mass is 16.5. The number of nitrogens with zero attached hydrogens (tertiary/aromatic N) is 3. The number of ether oxygens (including phenoxy) is 1. The number of hydrogen-bond acceptors (Lipinski definition) is 6. The van der Waals surface area contributed by atoms with Gasteiger partial charge in [0.05, 0.1) is 24.6 Å². The molecule has 1 heterocycles. The lowest BCUT2D eigenvalue weighted by Gasteiger charge is -2.07. The lowest BCUT2D eigenvalue weighted by molar-refractivity contribution is -0.121. The number of hydrogen-bond donors (Lipinski definition) is 1. The molecule has 27 heavy (non-hydrogen) atoms. The van der Waals surface area contributed by atoms with E-state index in [2.05, 4.69) is 20.4 Å². The van der Waals surface area contributed by atoms with E-state index in [1.807, 2.05) is 0 Å². The van der Waals surface area contributed by atoms with Gasteiger partial charge < -0.3 is 10.1 Å². The van der Waals surface area contributed by atoms with Crippen LogP contribution in [0.3, 0.4) is 0 Å². The zero-order valence-corrected chi connectivity index (χ0v) is 14.7. The van der Waals surface area contributed by atoms with Gasteiger partial charge in [0, 0.05) is 13.0 Å². The Morgan fingerprint density at radius 2 is 1.85 bits per heavy atom. The van der Waals surface area contributed by atoms with Crippen LogP contribution >= 0.6 is 0 Å². The second-order valence-corrected chi connectivity index (χ2v) is 5.85. The minimum Gasteiger partial charge on any atom is -0.465 e. The lowest BCUT2D eigenvalue weighted by atomic mass is 10.1. The number of nitrogens with one attached hydrogen (secondary N) is 1. The predicted molar refractivity (Wildman–Crippen MR) is 98.0 cm³/mol. The normalized spacial score (nSPS) is 10.6. The number of rotatable bonds is 6. The number of carbonyl (C=O) groups is 2. The van der Waals surface area contributed by atoms with Gasteiger partial charge in [-0.15, -0.1) is 5.10 Å². The zero-order valence-electron chi connectivity index (χ0n) is 14.7. The molecular formula is C19H18N4O4. The summed E-state index contributed by atoms with van der Waals surface area (Å²) in [6.45, 7) is 0.461. The van der Waals surface area contributed by atoms with E-state index >= 15 is 0 Å². The van der Waals surface area contributed by atoms with Crippen molar-refractivity contribution in [3.63, 3.8) is 0 Å². The number of carbonyl (C=O) groups excluding carboxylic acids is 2. The molecule has 0 saturated carbocycles. The van der Waals surface area contributed by atoms with Crippen molar-refractivity contribution in [2.45, 2.75) is 19.5 Å².